The summed E-state index contributed by atoms with van der Waals surface area (Å²) in [5.74, 6) is 1.46. The number of carbonyl (C=O) groups excluding carboxylic acids is 1. The number of hydrogen-bond acceptors (Lipinski definition) is 2. The molecule has 1 aliphatic rings. The molecule has 0 bridgehead atoms. The maximum absolute atomic E-state index is 11.9. The Balaban J connectivity index is 2.33. The molecule has 0 aromatic heterocycles. The molecule has 1 rings (SSSR count). The monoisotopic (exact) mass is 212 g/mol. The molecule has 1 fully saturated rings. The molecule has 0 saturated carbocycles. The van der Waals surface area contributed by atoms with Gasteiger partial charge in [-0.15, -0.1) is 0 Å². The number of rotatable bonds is 5. The fourth-order valence-corrected chi connectivity index (χ4v) is 1.73. The first-order chi connectivity index (χ1) is 7.06. The van der Waals surface area contributed by atoms with E-state index in [0.717, 1.165) is 19.5 Å². The lowest BCUT2D eigenvalue weighted by atomic mass is 9.88. The molecule has 1 saturated heterocycles. The Morgan fingerprint density at radius 3 is 2.40 bits per heavy atom. The minimum Gasteiger partial charge on any atom is -0.353 e. The van der Waals surface area contributed by atoms with Crippen molar-refractivity contribution in [2.24, 2.45) is 17.8 Å². The van der Waals surface area contributed by atoms with Crippen molar-refractivity contribution < 1.29 is 4.79 Å². The quantitative estimate of drug-likeness (QED) is 0.723. The lowest BCUT2D eigenvalue weighted by Gasteiger charge is -2.33. The summed E-state index contributed by atoms with van der Waals surface area (Å²) in [6.07, 6.45) is 1.11. The van der Waals surface area contributed by atoms with E-state index in [2.05, 4.69) is 31.4 Å². The first-order valence-electron chi connectivity index (χ1n) is 6.07. The summed E-state index contributed by atoms with van der Waals surface area (Å²) in [5, 5.41) is 6.32. The number of amides is 1. The van der Waals surface area contributed by atoms with Crippen molar-refractivity contribution in [3.8, 4) is 0 Å². The second-order valence-corrected chi connectivity index (χ2v) is 4.89. The van der Waals surface area contributed by atoms with Crippen LogP contribution in [0, 0.1) is 17.8 Å². The largest absolute Gasteiger partial charge is 0.353 e. The molecule has 3 atom stereocenters. The molecule has 1 heterocycles. The van der Waals surface area contributed by atoms with E-state index in [-0.39, 0.29) is 17.9 Å². The molecule has 0 aliphatic carbocycles. The molecule has 1 aliphatic heterocycles. The van der Waals surface area contributed by atoms with Crippen LogP contribution in [0.25, 0.3) is 0 Å². The molecule has 88 valence electrons. The Labute approximate surface area is 93.0 Å². The molecular formula is C12H24N2O. The molecule has 3 unspecified atom stereocenters. The van der Waals surface area contributed by atoms with E-state index in [9.17, 15) is 4.79 Å². The van der Waals surface area contributed by atoms with Gasteiger partial charge in [0.15, 0.2) is 0 Å². The van der Waals surface area contributed by atoms with Crippen molar-refractivity contribution in [2.45, 2.75) is 40.2 Å². The number of hydrogen-bond donors (Lipinski definition) is 2. The molecule has 0 aromatic rings. The fraction of sp³-hybridized carbons (Fsp3) is 0.917. The van der Waals surface area contributed by atoms with Crippen LogP contribution in [0.5, 0.6) is 0 Å². The van der Waals surface area contributed by atoms with Gasteiger partial charge in [-0.05, 0) is 31.8 Å². The average Bonchev–Trinajstić information content (AvgIpc) is 2.13. The van der Waals surface area contributed by atoms with E-state index >= 15 is 0 Å². The molecule has 1 amide bonds. The van der Waals surface area contributed by atoms with Crippen LogP contribution in [-0.2, 0) is 4.79 Å². The van der Waals surface area contributed by atoms with Gasteiger partial charge in [0.05, 0.1) is 0 Å². The van der Waals surface area contributed by atoms with E-state index < -0.39 is 0 Å². The lowest BCUT2D eigenvalue weighted by Crippen LogP contribution is -2.51. The summed E-state index contributed by atoms with van der Waals surface area (Å²) in [5.41, 5.74) is 0. The topological polar surface area (TPSA) is 41.1 Å². The second-order valence-electron chi connectivity index (χ2n) is 4.89. The highest BCUT2D eigenvalue weighted by molar-refractivity contribution is 5.79. The molecule has 3 heteroatoms. The van der Waals surface area contributed by atoms with Gasteiger partial charge in [0.25, 0.3) is 0 Å². The van der Waals surface area contributed by atoms with Crippen LogP contribution in [0.2, 0.25) is 0 Å². The van der Waals surface area contributed by atoms with E-state index in [1.807, 2.05) is 6.92 Å². The van der Waals surface area contributed by atoms with E-state index in [1.54, 1.807) is 0 Å². The second kappa shape index (κ2) is 5.50. The zero-order valence-electron chi connectivity index (χ0n) is 10.3. The first-order valence-corrected chi connectivity index (χ1v) is 6.07. The predicted octanol–water partition coefficient (Wildman–Crippen LogP) is 1.39. The third kappa shape index (κ3) is 3.20. The molecular weight excluding hydrogens is 188 g/mol. The minimum atomic E-state index is 0.151. The van der Waals surface area contributed by atoms with Crippen molar-refractivity contribution in [1.82, 2.24) is 10.6 Å². The van der Waals surface area contributed by atoms with Crippen molar-refractivity contribution in [3.63, 3.8) is 0 Å². The molecule has 0 radical (unpaired) electrons. The van der Waals surface area contributed by atoms with Gasteiger partial charge in [-0.2, -0.15) is 0 Å². The fourth-order valence-electron chi connectivity index (χ4n) is 1.73. The van der Waals surface area contributed by atoms with E-state index in [1.165, 1.54) is 0 Å². The van der Waals surface area contributed by atoms with Crippen molar-refractivity contribution >= 4 is 5.91 Å². The summed E-state index contributed by atoms with van der Waals surface area (Å²) in [7, 11) is 0. The van der Waals surface area contributed by atoms with Gasteiger partial charge >= 0.3 is 0 Å². The van der Waals surface area contributed by atoms with Gasteiger partial charge in [-0.3, -0.25) is 4.79 Å². The molecule has 0 spiro atoms. The standard InChI is InChI=1S/C12H24N2O/c1-5-8(2)10(4)14-12(15)9(3)11-6-13-7-11/h8-11,13H,5-7H2,1-4H3,(H,14,15). The average molecular weight is 212 g/mol. The van der Waals surface area contributed by atoms with Gasteiger partial charge in [0.1, 0.15) is 0 Å². The van der Waals surface area contributed by atoms with Crippen LogP contribution in [0.3, 0.4) is 0 Å². The third-order valence-corrected chi connectivity index (χ3v) is 3.80. The summed E-state index contributed by atoms with van der Waals surface area (Å²) >= 11 is 0. The molecule has 3 nitrogen and oxygen atoms in total. The van der Waals surface area contributed by atoms with Gasteiger partial charge in [-0.25, -0.2) is 0 Å². The highest BCUT2D eigenvalue weighted by Crippen LogP contribution is 2.17. The highest BCUT2D eigenvalue weighted by Gasteiger charge is 2.29. The predicted molar refractivity (Wildman–Crippen MR) is 62.6 cm³/mol. The summed E-state index contributed by atoms with van der Waals surface area (Å²) in [6.45, 7) is 10.5. The number of nitrogens with one attached hydrogen (secondary N) is 2. The van der Waals surface area contributed by atoms with Crippen molar-refractivity contribution in [1.29, 1.82) is 0 Å². The normalized spacial score (nSPS) is 22.7. The van der Waals surface area contributed by atoms with Crippen LogP contribution >= 0.6 is 0 Å². The van der Waals surface area contributed by atoms with Gasteiger partial charge in [-0.1, -0.05) is 27.2 Å². The van der Waals surface area contributed by atoms with Crippen molar-refractivity contribution in [3.05, 3.63) is 0 Å². The number of carbonyl (C=O) groups is 1. The summed E-state index contributed by atoms with van der Waals surface area (Å²) in [6, 6.07) is 0.290. The first kappa shape index (κ1) is 12.5. The SMILES string of the molecule is CCC(C)C(C)NC(=O)C(C)C1CNC1. The molecule has 0 aromatic carbocycles. The molecule has 15 heavy (non-hydrogen) atoms. The maximum atomic E-state index is 11.9. The zero-order chi connectivity index (χ0) is 11.4. The Morgan fingerprint density at radius 2 is 2.00 bits per heavy atom. The van der Waals surface area contributed by atoms with Gasteiger partial charge in [0, 0.05) is 12.0 Å². The Morgan fingerprint density at radius 1 is 1.40 bits per heavy atom. The summed E-state index contributed by atoms with van der Waals surface area (Å²) < 4.78 is 0. The lowest BCUT2D eigenvalue weighted by molar-refractivity contribution is -0.127. The smallest absolute Gasteiger partial charge is 0.223 e. The Bertz CT molecular complexity index is 214. The molecule has 2 N–H and O–H groups in total. The van der Waals surface area contributed by atoms with Crippen LogP contribution in [0.1, 0.15) is 34.1 Å². The van der Waals surface area contributed by atoms with Gasteiger partial charge < -0.3 is 10.6 Å². The van der Waals surface area contributed by atoms with Gasteiger partial charge in [0.2, 0.25) is 5.91 Å². The summed E-state index contributed by atoms with van der Waals surface area (Å²) in [4.78, 5) is 11.9. The van der Waals surface area contributed by atoms with E-state index in [0.29, 0.717) is 11.8 Å². The van der Waals surface area contributed by atoms with Crippen LogP contribution in [0.4, 0.5) is 0 Å². The Kier molecular flexibility index (Phi) is 4.58. The van der Waals surface area contributed by atoms with E-state index in [4.69, 9.17) is 0 Å². The highest BCUT2D eigenvalue weighted by atomic mass is 16.1. The Hall–Kier alpha value is -0.570. The minimum absolute atomic E-state index is 0.151. The third-order valence-electron chi connectivity index (χ3n) is 3.80. The van der Waals surface area contributed by atoms with Crippen LogP contribution in [-0.4, -0.2) is 25.0 Å². The maximum Gasteiger partial charge on any atom is 0.223 e. The van der Waals surface area contributed by atoms with Crippen molar-refractivity contribution in [2.75, 3.05) is 13.1 Å². The van der Waals surface area contributed by atoms with Crippen LogP contribution in [0.15, 0.2) is 0 Å². The zero-order valence-corrected chi connectivity index (χ0v) is 10.3. The van der Waals surface area contributed by atoms with Crippen LogP contribution < -0.4 is 10.6 Å².